The van der Waals surface area contributed by atoms with Crippen LogP contribution in [0, 0.1) is 0 Å². The van der Waals surface area contributed by atoms with E-state index >= 15 is 0 Å². The number of hydrogen-bond acceptors (Lipinski definition) is 2. The summed E-state index contributed by atoms with van der Waals surface area (Å²) in [6.07, 6.45) is 8.04. The third-order valence-electron chi connectivity index (χ3n) is 4.35. The van der Waals surface area contributed by atoms with Crippen LogP contribution in [0.15, 0.2) is 90.7 Å². The van der Waals surface area contributed by atoms with Crippen LogP contribution in [0.5, 0.6) is 5.75 Å². The molecule has 136 valence electrons. The molecule has 0 aliphatic heterocycles. The zero-order valence-electron chi connectivity index (χ0n) is 15.9. The van der Waals surface area contributed by atoms with E-state index in [1.165, 1.54) is 0 Å². The van der Waals surface area contributed by atoms with Crippen molar-refractivity contribution >= 4 is 0 Å². The molecule has 0 heterocycles. The van der Waals surface area contributed by atoms with E-state index in [1.807, 2.05) is 74.5 Å². The summed E-state index contributed by atoms with van der Waals surface area (Å²) in [5, 5.41) is 10.9. The van der Waals surface area contributed by atoms with Gasteiger partial charge in [-0.3, -0.25) is 0 Å². The summed E-state index contributed by atoms with van der Waals surface area (Å²) in [5.74, 6) is 1.60. The maximum atomic E-state index is 10.9. The van der Waals surface area contributed by atoms with E-state index < -0.39 is 5.60 Å². The van der Waals surface area contributed by atoms with Gasteiger partial charge in [0, 0.05) is 5.57 Å². The van der Waals surface area contributed by atoms with Crippen LogP contribution in [0.2, 0.25) is 0 Å². The lowest BCUT2D eigenvalue weighted by Crippen LogP contribution is -2.22. The summed E-state index contributed by atoms with van der Waals surface area (Å²) in [6, 6.07) is 17.3. The fourth-order valence-electron chi connectivity index (χ4n) is 2.86. The van der Waals surface area contributed by atoms with Gasteiger partial charge in [-0.25, -0.2) is 0 Å². The monoisotopic (exact) mass is 348 g/mol. The van der Waals surface area contributed by atoms with Gasteiger partial charge in [-0.05, 0) is 49.1 Å². The molecule has 26 heavy (non-hydrogen) atoms. The predicted octanol–water partition coefficient (Wildman–Crippen LogP) is 6.14. The van der Waals surface area contributed by atoms with Crippen LogP contribution in [0.25, 0.3) is 0 Å². The summed E-state index contributed by atoms with van der Waals surface area (Å²) < 4.78 is 5.97. The molecule has 2 aromatic rings. The fraction of sp³-hybridized carbons (Fsp3) is 0.250. The summed E-state index contributed by atoms with van der Waals surface area (Å²) in [7, 11) is 0. The van der Waals surface area contributed by atoms with Crippen molar-refractivity contribution in [3.63, 3.8) is 0 Å². The van der Waals surface area contributed by atoms with E-state index in [4.69, 9.17) is 4.74 Å². The third kappa shape index (κ3) is 4.53. The first-order valence-electron chi connectivity index (χ1n) is 9.20. The van der Waals surface area contributed by atoms with Crippen molar-refractivity contribution in [1.82, 2.24) is 0 Å². The first-order valence-corrected chi connectivity index (χ1v) is 9.20. The van der Waals surface area contributed by atoms with Gasteiger partial charge in [0.25, 0.3) is 0 Å². The van der Waals surface area contributed by atoms with E-state index in [0.717, 1.165) is 41.1 Å². The van der Waals surface area contributed by atoms with Crippen molar-refractivity contribution in [2.45, 2.75) is 39.2 Å². The van der Waals surface area contributed by atoms with Gasteiger partial charge in [0.15, 0.2) is 0 Å². The number of ether oxygens (including phenoxy) is 1. The number of rotatable bonds is 5. The number of hydrogen-bond donors (Lipinski definition) is 1. The maximum Gasteiger partial charge on any atom is 0.130 e. The third-order valence-corrected chi connectivity index (χ3v) is 4.35. The minimum atomic E-state index is -1.03. The molecule has 3 rings (SSSR count). The lowest BCUT2D eigenvalue weighted by Gasteiger charge is -2.25. The average molecular weight is 348 g/mol. The van der Waals surface area contributed by atoms with Crippen LogP contribution in [-0.2, 0) is 5.60 Å². The molecule has 0 radical (unpaired) electrons. The fourth-order valence-corrected chi connectivity index (χ4v) is 2.86. The zero-order chi connectivity index (χ0) is 19.0. The normalized spacial score (nSPS) is 15.5. The van der Waals surface area contributed by atoms with E-state index in [1.54, 1.807) is 6.92 Å². The topological polar surface area (TPSA) is 29.5 Å². The molecule has 0 aromatic heterocycles. The second-order valence-electron chi connectivity index (χ2n) is 6.07. The molecule has 1 N–H and O–H groups in total. The SMILES string of the molecule is C=CC1=CCCC=C1Oc1ccc(C(C)(O)c2ccccc2)cc1.CC. The van der Waals surface area contributed by atoms with E-state index in [9.17, 15) is 5.11 Å². The molecule has 0 amide bonds. The molecule has 0 fully saturated rings. The Labute approximate surface area is 157 Å². The minimum absolute atomic E-state index is 0.753. The highest BCUT2D eigenvalue weighted by Crippen LogP contribution is 2.31. The molecular weight excluding hydrogens is 320 g/mol. The van der Waals surface area contributed by atoms with Crippen LogP contribution in [0.1, 0.15) is 44.7 Å². The Kier molecular flexibility index (Phi) is 6.99. The Morgan fingerprint density at radius 2 is 1.50 bits per heavy atom. The number of aliphatic hydroxyl groups is 1. The quantitative estimate of drug-likeness (QED) is 0.703. The highest BCUT2D eigenvalue weighted by molar-refractivity contribution is 5.42. The summed E-state index contributed by atoms with van der Waals surface area (Å²) in [4.78, 5) is 0. The van der Waals surface area contributed by atoms with E-state index in [2.05, 4.69) is 18.7 Å². The van der Waals surface area contributed by atoms with Gasteiger partial charge < -0.3 is 9.84 Å². The minimum Gasteiger partial charge on any atom is -0.457 e. The van der Waals surface area contributed by atoms with Crippen molar-refractivity contribution < 1.29 is 9.84 Å². The molecular formula is C24H28O2. The van der Waals surface area contributed by atoms with Gasteiger partial charge >= 0.3 is 0 Å². The molecule has 2 heteroatoms. The molecule has 1 atom stereocenters. The number of benzene rings is 2. The van der Waals surface area contributed by atoms with Crippen LogP contribution in [0.4, 0.5) is 0 Å². The Morgan fingerprint density at radius 3 is 2.12 bits per heavy atom. The average Bonchev–Trinajstić information content (AvgIpc) is 2.71. The first-order chi connectivity index (χ1) is 12.6. The van der Waals surface area contributed by atoms with E-state index in [-0.39, 0.29) is 0 Å². The molecule has 1 aliphatic carbocycles. The van der Waals surface area contributed by atoms with Gasteiger partial charge in [-0.15, -0.1) is 0 Å². The second kappa shape index (κ2) is 9.21. The van der Waals surface area contributed by atoms with Crippen molar-refractivity contribution in [2.24, 2.45) is 0 Å². The molecule has 1 aliphatic rings. The Balaban J connectivity index is 0.00000117. The highest BCUT2D eigenvalue weighted by Gasteiger charge is 2.25. The maximum absolute atomic E-state index is 10.9. The van der Waals surface area contributed by atoms with Crippen molar-refractivity contribution in [3.05, 3.63) is 102 Å². The molecule has 0 saturated heterocycles. The predicted molar refractivity (Wildman–Crippen MR) is 109 cm³/mol. The molecule has 2 nitrogen and oxygen atoms in total. The summed E-state index contributed by atoms with van der Waals surface area (Å²) >= 11 is 0. The standard InChI is InChI=1S/C22H22O2.C2H6/c1-3-17-9-7-8-12-21(17)24-20-15-13-19(14-16-20)22(2,23)18-10-5-4-6-11-18;1-2/h3-6,9-16,23H,1,7-8H2,2H3;1-2H3. The van der Waals surface area contributed by atoms with E-state index in [0.29, 0.717) is 0 Å². The molecule has 0 spiro atoms. The molecule has 0 saturated carbocycles. The molecule has 0 bridgehead atoms. The van der Waals surface area contributed by atoms with Crippen LogP contribution < -0.4 is 4.74 Å². The summed E-state index contributed by atoms with van der Waals surface area (Å²) in [5.41, 5.74) is 1.70. The van der Waals surface area contributed by atoms with Crippen LogP contribution in [-0.4, -0.2) is 5.11 Å². The van der Waals surface area contributed by atoms with Gasteiger partial charge in [0.05, 0.1) is 0 Å². The van der Waals surface area contributed by atoms with Gasteiger partial charge in [0.2, 0.25) is 0 Å². The van der Waals surface area contributed by atoms with Crippen LogP contribution in [0.3, 0.4) is 0 Å². The smallest absolute Gasteiger partial charge is 0.130 e. The lowest BCUT2D eigenvalue weighted by atomic mass is 9.88. The highest BCUT2D eigenvalue weighted by atomic mass is 16.5. The lowest BCUT2D eigenvalue weighted by molar-refractivity contribution is 0.102. The van der Waals surface area contributed by atoms with Gasteiger partial charge in [-0.1, -0.05) is 75.0 Å². The van der Waals surface area contributed by atoms with Crippen molar-refractivity contribution in [1.29, 1.82) is 0 Å². The zero-order valence-corrected chi connectivity index (χ0v) is 15.9. The first kappa shape index (κ1) is 19.7. The Morgan fingerprint density at radius 1 is 0.923 bits per heavy atom. The Hall–Kier alpha value is -2.58. The van der Waals surface area contributed by atoms with Crippen molar-refractivity contribution in [2.75, 3.05) is 0 Å². The van der Waals surface area contributed by atoms with Gasteiger partial charge in [-0.2, -0.15) is 0 Å². The van der Waals surface area contributed by atoms with Crippen LogP contribution >= 0.6 is 0 Å². The molecule has 1 unspecified atom stereocenters. The second-order valence-corrected chi connectivity index (χ2v) is 6.07. The number of allylic oxidation sites excluding steroid dienone is 3. The van der Waals surface area contributed by atoms with Gasteiger partial charge in [0.1, 0.15) is 17.1 Å². The van der Waals surface area contributed by atoms with Crippen molar-refractivity contribution in [3.8, 4) is 5.75 Å². The Bertz CT molecular complexity index is 766. The largest absolute Gasteiger partial charge is 0.457 e. The molecule has 2 aromatic carbocycles. The summed E-state index contributed by atoms with van der Waals surface area (Å²) in [6.45, 7) is 9.64.